The average molecular weight is 191 g/mol. The molecule has 0 saturated heterocycles. The molecule has 0 aromatic heterocycles. The Morgan fingerprint density at radius 3 is 2.71 bits per heavy atom. The van der Waals surface area contributed by atoms with Crippen molar-refractivity contribution in [2.24, 2.45) is 5.16 Å². The summed E-state index contributed by atoms with van der Waals surface area (Å²) < 4.78 is 0. The van der Waals surface area contributed by atoms with Crippen molar-refractivity contribution < 1.29 is 4.84 Å². The Kier molecular flexibility index (Phi) is 4.17. The van der Waals surface area contributed by atoms with E-state index in [0.717, 1.165) is 12.0 Å². The van der Waals surface area contributed by atoms with Crippen LogP contribution in [0.5, 0.6) is 0 Å². The highest BCUT2D eigenvalue weighted by Gasteiger charge is 1.95. The Bertz CT molecular complexity index is 305. The highest BCUT2D eigenvalue weighted by atomic mass is 16.6. The molecule has 2 heteroatoms. The first-order valence-corrected chi connectivity index (χ1v) is 5.01. The Labute approximate surface area is 85.6 Å². The van der Waals surface area contributed by atoms with Crippen LogP contribution in [0.15, 0.2) is 29.4 Å². The standard InChI is InChI=1S/C12H17NO/c1-4-11-7-5-6-8-12(11)9-13-14-10(2)3/h5-10H,4H2,1-3H3. The first-order chi connectivity index (χ1) is 6.74. The van der Waals surface area contributed by atoms with E-state index < -0.39 is 0 Å². The van der Waals surface area contributed by atoms with Crippen molar-refractivity contribution in [1.82, 2.24) is 0 Å². The first kappa shape index (κ1) is 10.8. The van der Waals surface area contributed by atoms with Crippen LogP contribution in [-0.4, -0.2) is 12.3 Å². The van der Waals surface area contributed by atoms with Gasteiger partial charge in [-0.25, -0.2) is 0 Å². The largest absolute Gasteiger partial charge is 0.393 e. The lowest BCUT2D eigenvalue weighted by molar-refractivity contribution is 0.0873. The molecule has 0 amide bonds. The molecule has 0 fully saturated rings. The molecule has 0 atom stereocenters. The van der Waals surface area contributed by atoms with Gasteiger partial charge in [-0.05, 0) is 31.4 Å². The number of oxime groups is 1. The van der Waals surface area contributed by atoms with Crippen LogP contribution in [0.4, 0.5) is 0 Å². The molecule has 0 N–H and O–H groups in total. The lowest BCUT2D eigenvalue weighted by atomic mass is 10.1. The van der Waals surface area contributed by atoms with Gasteiger partial charge < -0.3 is 4.84 Å². The molecule has 0 radical (unpaired) electrons. The van der Waals surface area contributed by atoms with Crippen molar-refractivity contribution in [1.29, 1.82) is 0 Å². The third-order valence-corrected chi connectivity index (χ3v) is 1.90. The van der Waals surface area contributed by atoms with Gasteiger partial charge in [-0.2, -0.15) is 0 Å². The van der Waals surface area contributed by atoms with E-state index in [1.165, 1.54) is 5.56 Å². The van der Waals surface area contributed by atoms with Crippen molar-refractivity contribution in [3.63, 3.8) is 0 Å². The smallest absolute Gasteiger partial charge is 0.122 e. The quantitative estimate of drug-likeness (QED) is 0.529. The van der Waals surface area contributed by atoms with E-state index in [9.17, 15) is 0 Å². The predicted octanol–water partition coefficient (Wildman–Crippen LogP) is 3.01. The minimum atomic E-state index is 0.139. The zero-order valence-corrected chi connectivity index (χ0v) is 9.03. The van der Waals surface area contributed by atoms with Gasteiger partial charge in [-0.1, -0.05) is 36.3 Å². The van der Waals surface area contributed by atoms with Crippen LogP contribution in [0.3, 0.4) is 0 Å². The second kappa shape index (κ2) is 5.43. The van der Waals surface area contributed by atoms with Crippen molar-refractivity contribution in [3.05, 3.63) is 35.4 Å². The Balaban J connectivity index is 2.70. The van der Waals surface area contributed by atoms with Crippen molar-refractivity contribution in [2.45, 2.75) is 33.3 Å². The fraction of sp³-hybridized carbons (Fsp3) is 0.417. The van der Waals surface area contributed by atoms with E-state index in [2.05, 4.69) is 18.1 Å². The van der Waals surface area contributed by atoms with Gasteiger partial charge in [0.1, 0.15) is 6.10 Å². The molecule has 0 saturated carbocycles. The molecule has 0 unspecified atom stereocenters. The van der Waals surface area contributed by atoms with E-state index in [1.54, 1.807) is 6.21 Å². The predicted molar refractivity (Wildman–Crippen MR) is 59.6 cm³/mol. The number of hydrogen-bond acceptors (Lipinski definition) is 2. The Hall–Kier alpha value is -1.31. The van der Waals surface area contributed by atoms with Gasteiger partial charge in [-0.3, -0.25) is 0 Å². The van der Waals surface area contributed by atoms with Crippen LogP contribution in [0.2, 0.25) is 0 Å². The summed E-state index contributed by atoms with van der Waals surface area (Å²) >= 11 is 0. The molecule has 0 bridgehead atoms. The molecule has 0 heterocycles. The SMILES string of the molecule is CCc1ccccc1C=NOC(C)C. The molecule has 76 valence electrons. The van der Waals surface area contributed by atoms with E-state index >= 15 is 0 Å². The van der Waals surface area contributed by atoms with Gasteiger partial charge in [-0.15, -0.1) is 0 Å². The maximum Gasteiger partial charge on any atom is 0.122 e. The van der Waals surface area contributed by atoms with Crippen LogP contribution in [0, 0.1) is 0 Å². The summed E-state index contributed by atoms with van der Waals surface area (Å²) in [6.45, 7) is 6.06. The van der Waals surface area contributed by atoms with E-state index in [0.29, 0.717) is 0 Å². The van der Waals surface area contributed by atoms with Gasteiger partial charge >= 0.3 is 0 Å². The molecule has 0 aliphatic carbocycles. The molecule has 1 aromatic carbocycles. The van der Waals surface area contributed by atoms with E-state index in [4.69, 9.17) is 4.84 Å². The van der Waals surface area contributed by atoms with Gasteiger partial charge in [0.2, 0.25) is 0 Å². The third kappa shape index (κ3) is 3.21. The number of nitrogens with zero attached hydrogens (tertiary/aromatic N) is 1. The summed E-state index contributed by atoms with van der Waals surface area (Å²) in [6.07, 6.45) is 2.93. The summed E-state index contributed by atoms with van der Waals surface area (Å²) in [4.78, 5) is 5.11. The molecule has 0 aliphatic heterocycles. The highest BCUT2D eigenvalue weighted by molar-refractivity contribution is 5.81. The Morgan fingerprint density at radius 2 is 2.07 bits per heavy atom. The molecule has 1 aromatic rings. The highest BCUT2D eigenvalue weighted by Crippen LogP contribution is 2.06. The molecular weight excluding hydrogens is 174 g/mol. The first-order valence-electron chi connectivity index (χ1n) is 5.01. The summed E-state index contributed by atoms with van der Waals surface area (Å²) in [5, 5.41) is 3.92. The van der Waals surface area contributed by atoms with Gasteiger partial charge in [0.05, 0.1) is 6.21 Å². The fourth-order valence-electron chi connectivity index (χ4n) is 1.19. The number of hydrogen-bond donors (Lipinski definition) is 0. The molecule has 0 spiro atoms. The summed E-state index contributed by atoms with van der Waals surface area (Å²) in [6, 6.07) is 8.21. The second-order valence-electron chi connectivity index (χ2n) is 3.44. The lowest BCUT2D eigenvalue weighted by Gasteiger charge is -2.03. The normalized spacial score (nSPS) is 11.1. The molecule has 14 heavy (non-hydrogen) atoms. The Morgan fingerprint density at radius 1 is 1.36 bits per heavy atom. The topological polar surface area (TPSA) is 21.6 Å². The summed E-state index contributed by atoms with van der Waals surface area (Å²) in [5.41, 5.74) is 2.43. The fourth-order valence-corrected chi connectivity index (χ4v) is 1.19. The zero-order chi connectivity index (χ0) is 10.4. The van der Waals surface area contributed by atoms with Crippen molar-refractivity contribution >= 4 is 6.21 Å². The molecule has 1 rings (SSSR count). The maximum absolute atomic E-state index is 5.11. The number of benzene rings is 1. The van der Waals surface area contributed by atoms with Crippen LogP contribution in [0.1, 0.15) is 31.9 Å². The van der Waals surface area contributed by atoms with Gasteiger partial charge in [0, 0.05) is 0 Å². The van der Waals surface area contributed by atoms with Crippen molar-refractivity contribution in [2.75, 3.05) is 0 Å². The molecule has 2 nitrogen and oxygen atoms in total. The molecular formula is C12H17NO. The minimum Gasteiger partial charge on any atom is -0.393 e. The van der Waals surface area contributed by atoms with Crippen LogP contribution in [-0.2, 0) is 11.3 Å². The average Bonchev–Trinajstić information content (AvgIpc) is 2.18. The summed E-state index contributed by atoms with van der Waals surface area (Å²) in [5.74, 6) is 0. The van der Waals surface area contributed by atoms with Crippen LogP contribution < -0.4 is 0 Å². The number of rotatable bonds is 4. The minimum absolute atomic E-state index is 0.139. The zero-order valence-electron chi connectivity index (χ0n) is 9.03. The van der Waals surface area contributed by atoms with Crippen LogP contribution >= 0.6 is 0 Å². The molecule has 0 aliphatic rings. The maximum atomic E-state index is 5.11. The van der Waals surface area contributed by atoms with Gasteiger partial charge in [0.15, 0.2) is 0 Å². The number of aryl methyl sites for hydroxylation is 1. The lowest BCUT2D eigenvalue weighted by Crippen LogP contribution is -1.97. The summed E-state index contributed by atoms with van der Waals surface area (Å²) in [7, 11) is 0. The monoisotopic (exact) mass is 191 g/mol. The van der Waals surface area contributed by atoms with E-state index in [1.807, 2.05) is 32.0 Å². The third-order valence-electron chi connectivity index (χ3n) is 1.90. The van der Waals surface area contributed by atoms with Crippen molar-refractivity contribution in [3.8, 4) is 0 Å². The second-order valence-corrected chi connectivity index (χ2v) is 3.44. The van der Waals surface area contributed by atoms with Gasteiger partial charge in [0.25, 0.3) is 0 Å². The van der Waals surface area contributed by atoms with Crippen LogP contribution in [0.25, 0.3) is 0 Å². The van der Waals surface area contributed by atoms with E-state index in [-0.39, 0.29) is 6.10 Å².